The van der Waals surface area contributed by atoms with Gasteiger partial charge in [-0.05, 0) is 38.5 Å². The van der Waals surface area contributed by atoms with Gasteiger partial charge in [0.15, 0.2) is 0 Å². The van der Waals surface area contributed by atoms with Crippen molar-refractivity contribution < 1.29 is 49.0 Å². The average Bonchev–Trinajstić information content (AvgIpc) is 2.14. The van der Waals surface area contributed by atoms with Gasteiger partial charge in [0.1, 0.15) is 5.60 Å². The largest absolute Gasteiger partial charge is 1.00 e. The minimum absolute atomic E-state index is 0. The van der Waals surface area contributed by atoms with Crippen molar-refractivity contribution in [3.05, 3.63) is 29.8 Å². The fraction of sp³-hybridized carbons (Fsp3) is 0.333. The molecule has 1 aromatic carbocycles. The normalized spacial score (nSPS) is 10.2. The SMILES string of the molecule is CC(C)(C)OC(=O)Nc1cccc(C(=O)[O-])c1.[Na+]. The predicted molar refractivity (Wildman–Crippen MR) is 60.6 cm³/mol. The third-order valence-corrected chi connectivity index (χ3v) is 1.74. The van der Waals surface area contributed by atoms with Crippen molar-refractivity contribution in [2.45, 2.75) is 26.4 Å². The van der Waals surface area contributed by atoms with Crippen LogP contribution >= 0.6 is 0 Å². The molecule has 18 heavy (non-hydrogen) atoms. The summed E-state index contributed by atoms with van der Waals surface area (Å²) in [6.07, 6.45) is -0.631. The van der Waals surface area contributed by atoms with Crippen LogP contribution in [-0.2, 0) is 4.74 Å². The number of ether oxygens (including phenoxy) is 1. The molecule has 0 aliphatic rings. The van der Waals surface area contributed by atoms with E-state index < -0.39 is 17.7 Å². The van der Waals surface area contributed by atoms with E-state index in [1.807, 2.05) is 0 Å². The van der Waals surface area contributed by atoms with Crippen LogP contribution in [-0.4, -0.2) is 17.7 Å². The number of amides is 1. The van der Waals surface area contributed by atoms with Crippen molar-refractivity contribution in [3.8, 4) is 0 Å². The van der Waals surface area contributed by atoms with Gasteiger partial charge >= 0.3 is 35.7 Å². The van der Waals surface area contributed by atoms with Crippen LogP contribution in [0.15, 0.2) is 24.3 Å². The van der Waals surface area contributed by atoms with Crippen molar-refractivity contribution in [1.29, 1.82) is 0 Å². The van der Waals surface area contributed by atoms with Gasteiger partial charge in [0, 0.05) is 5.69 Å². The first-order valence-electron chi connectivity index (χ1n) is 5.09. The Kier molecular flexibility index (Phi) is 6.38. The number of benzene rings is 1. The van der Waals surface area contributed by atoms with Crippen LogP contribution in [0.2, 0.25) is 0 Å². The molecule has 0 aliphatic carbocycles. The molecule has 0 unspecified atom stereocenters. The Morgan fingerprint density at radius 3 is 2.39 bits per heavy atom. The van der Waals surface area contributed by atoms with E-state index >= 15 is 0 Å². The van der Waals surface area contributed by atoms with Gasteiger partial charge in [-0.2, -0.15) is 0 Å². The zero-order valence-corrected chi connectivity index (χ0v) is 12.9. The standard InChI is InChI=1S/C12H15NO4.Na/c1-12(2,3)17-11(16)13-9-6-4-5-8(7-9)10(14)15;/h4-7H,1-3H3,(H,13,16)(H,14,15);/q;+1/p-1. The van der Waals surface area contributed by atoms with Gasteiger partial charge < -0.3 is 14.6 Å². The summed E-state index contributed by atoms with van der Waals surface area (Å²) in [5.41, 5.74) is -0.254. The summed E-state index contributed by atoms with van der Waals surface area (Å²) in [4.78, 5) is 22.0. The smallest absolute Gasteiger partial charge is 0.545 e. The van der Waals surface area contributed by atoms with Gasteiger partial charge in [-0.3, -0.25) is 5.32 Å². The Bertz CT molecular complexity index is 440. The summed E-state index contributed by atoms with van der Waals surface area (Å²) in [7, 11) is 0. The molecule has 0 atom stereocenters. The van der Waals surface area contributed by atoms with Crippen LogP contribution in [0.1, 0.15) is 31.1 Å². The number of hydrogen-bond acceptors (Lipinski definition) is 4. The molecule has 0 spiro atoms. The Hall–Kier alpha value is -1.04. The van der Waals surface area contributed by atoms with E-state index in [1.54, 1.807) is 26.8 Å². The van der Waals surface area contributed by atoms with E-state index in [0.717, 1.165) is 0 Å². The van der Waals surface area contributed by atoms with E-state index in [4.69, 9.17) is 4.74 Å². The van der Waals surface area contributed by atoms with Crippen LogP contribution in [0, 0.1) is 0 Å². The van der Waals surface area contributed by atoms with Crippen LogP contribution in [0.3, 0.4) is 0 Å². The van der Waals surface area contributed by atoms with Gasteiger partial charge in [-0.25, -0.2) is 4.79 Å². The molecule has 0 saturated carbocycles. The van der Waals surface area contributed by atoms with Crippen molar-refractivity contribution >= 4 is 17.7 Å². The zero-order chi connectivity index (χ0) is 13.1. The predicted octanol–water partition coefficient (Wildman–Crippen LogP) is -1.60. The summed E-state index contributed by atoms with van der Waals surface area (Å²) in [5.74, 6) is -1.29. The molecular weight excluding hydrogens is 245 g/mol. The molecule has 6 heteroatoms. The molecule has 0 saturated heterocycles. The van der Waals surface area contributed by atoms with Gasteiger partial charge in [0.05, 0.1) is 5.97 Å². The molecule has 92 valence electrons. The maximum absolute atomic E-state index is 11.4. The first kappa shape index (κ1) is 17.0. The fourth-order valence-electron chi connectivity index (χ4n) is 1.15. The maximum Gasteiger partial charge on any atom is 1.00 e. The maximum atomic E-state index is 11.4. The quantitative estimate of drug-likeness (QED) is 0.649. The zero-order valence-electron chi connectivity index (χ0n) is 10.9. The summed E-state index contributed by atoms with van der Waals surface area (Å²) in [6.45, 7) is 5.22. The second-order valence-corrected chi connectivity index (χ2v) is 4.50. The van der Waals surface area contributed by atoms with Gasteiger partial charge in [0.25, 0.3) is 0 Å². The number of nitrogens with one attached hydrogen (secondary N) is 1. The number of hydrogen-bond donors (Lipinski definition) is 1. The Balaban J connectivity index is 0.00000289. The number of anilines is 1. The Morgan fingerprint density at radius 1 is 1.28 bits per heavy atom. The topological polar surface area (TPSA) is 78.5 Å². The number of carbonyl (C=O) groups is 2. The minimum Gasteiger partial charge on any atom is -0.545 e. The average molecular weight is 259 g/mol. The Labute approximate surface area is 128 Å². The van der Waals surface area contributed by atoms with E-state index in [9.17, 15) is 14.7 Å². The third-order valence-electron chi connectivity index (χ3n) is 1.74. The van der Waals surface area contributed by atoms with Gasteiger partial charge in [0.2, 0.25) is 0 Å². The number of carbonyl (C=O) groups excluding carboxylic acids is 2. The molecular formula is C12H14NNaO4. The summed E-state index contributed by atoms with van der Waals surface area (Å²) in [5, 5.41) is 13.1. The molecule has 0 aromatic heterocycles. The number of carboxylic acid groups (broad SMARTS) is 1. The van der Waals surface area contributed by atoms with Crippen molar-refractivity contribution in [2.24, 2.45) is 0 Å². The molecule has 1 aromatic rings. The molecule has 0 heterocycles. The molecule has 0 bridgehead atoms. The van der Waals surface area contributed by atoms with E-state index in [2.05, 4.69) is 5.32 Å². The summed E-state index contributed by atoms with van der Waals surface area (Å²) >= 11 is 0. The van der Waals surface area contributed by atoms with E-state index in [-0.39, 0.29) is 35.1 Å². The number of carboxylic acids is 1. The van der Waals surface area contributed by atoms with Crippen molar-refractivity contribution in [1.82, 2.24) is 0 Å². The van der Waals surface area contributed by atoms with Crippen LogP contribution in [0.4, 0.5) is 10.5 Å². The van der Waals surface area contributed by atoms with Crippen molar-refractivity contribution in [2.75, 3.05) is 5.32 Å². The monoisotopic (exact) mass is 259 g/mol. The molecule has 0 aliphatic heterocycles. The van der Waals surface area contributed by atoms with Crippen LogP contribution < -0.4 is 40.0 Å². The second-order valence-electron chi connectivity index (χ2n) is 4.50. The fourth-order valence-corrected chi connectivity index (χ4v) is 1.15. The number of rotatable bonds is 2. The number of aromatic carboxylic acids is 1. The molecule has 5 nitrogen and oxygen atoms in total. The first-order valence-corrected chi connectivity index (χ1v) is 5.09. The minimum atomic E-state index is -1.29. The molecule has 0 radical (unpaired) electrons. The summed E-state index contributed by atoms with van der Waals surface area (Å²) in [6, 6.07) is 5.77. The molecule has 1 amide bonds. The molecule has 1 rings (SSSR count). The molecule has 0 fully saturated rings. The molecule has 1 N–H and O–H groups in total. The van der Waals surface area contributed by atoms with E-state index in [1.165, 1.54) is 18.2 Å². The van der Waals surface area contributed by atoms with Crippen molar-refractivity contribution in [3.63, 3.8) is 0 Å². The Morgan fingerprint density at radius 2 is 1.89 bits per heavy atom. The van der Waals surface area contributed by atoms with Crippen LogP contribution in [0.5, 0.6) is 0 Å². The first-order chi connectivity index (χ1) is 7.78. The van der Waals surface area contributed by atoms with E-state index in [0.29, 0.717) is 5.69 Å². The summed E-state index contributed by atoms with van der Waals surface area (Å²) < 4.78 is 5.03. The third kappa shape index (κ3) is 6.05. The second kappa shape index (κ2) is 6.78. The van der Waals surface area contributed by atoms with Gasteiger partial charge in [-0.15, -0.1) is 0 Å². The van der Waals surface area contributed by atoms with Gasteiger partial charge in [-0.1, -0.05) is 12.1 Å². The van der Waals surface area contributed by atoms with Crippen LogP contribution in [0.25, 0.3) is 0 Å².